The van der Waals surface area contributed by atoms with Crippen molar-refractivity contribution in [2.45, 2.75) is 32.4 Å². The van der Waals surface area contributed by atoms with Crippen LogP contribution in [-0.4, -0.2) is 42.7 Å². The molecule has 6 heteroatoms. The van der Waals surface area contributed by atoms with E-state index in [0.29, 0.717) is 12.7 Å². The summed E-state index contributed by atoms with van der Waals surface area (Å²) in [5, 5.41) is 1.90. The Morgan fingerprint density at radius 2 is 2.10 bits per heavy atom. The summed E-state index contributed by atoms with van der Waals surface area (Å²) in [6.45, 7) is 1.88. The maximum Gasteiger partial charge on any atom is 0.427 e. The summed E-state index contributed by atoms with van der Waals surface area (Å²) in [5.74, 6) is 0. The van der Waals surface area contributed by atoms with Gasteiger partial charge < -0.3 is 9.53 Å². The minimum Gasteiger partial charge on any atom is -0.444 e. The van der Waals surface area contributed by atoms with E-state index < -0.39 is 12.1 Å². The Balaban J connectivity index is 2.86. The van der Waals surface area contributed by atoms with Crippen molar-refractivity contribution >= 4 is 12.4 Å². The van der Waals surface area contributed by atoms with Crippen molar-refractivity contribution in [3.05, 3.63) is 35.9 Å². The van der Waals surface area contributed by atoms with Crippen LogP contribution >= 0.6 is 0 Å². The predicted octanol–water partition coefficient (Wildman–Crippen LogP) is 2.40. The van der Waals surface area contributed by atoms with Gasteiger partial charge in [0.15, 0.2) is 0 Å². The standard InChI is InChI=1S/C15H22N2O4/c1-4-8-14(11-18)17(16(2)20-3)15(19)21-12-13-9-6-5-7-10-13/h5-7,9-11,14H,4,8,12H2,1-3H3/t14-/m0/s1/i14D. The lowest BCUT2D eigenvalue weighted by Gasteiger charge is -2.32. The van der Waals surface area contributed by atoms with Crippen LogP contribution in [0.3, 0.4) is 0 Å². The highest BCUT2D eigenvalue weighted by atomic mass is 16.7. The number of carbonyl (C=O) groups is 2. The SMILES string of the molecule is [2H][C@@](C=O)(CCC)N(C(=O)OCc1ccccc1)N(C)OC. The number of aldehydes is 1. The third-order valence-corrected chi connectivity index (χ3v) is 2.84. The van der Waals surface area contributed by atoms with Gasteiger partial charge in [0.1, 0.15) is 18.9 Å². The van der Waals surface area contributed by atoms with Gasteiger partial charge >= 0.3 is 6.09 Å². The molecule has 0 saturated heterocycles. The van der Waals surface area contributed by atoms with E-state index in [1.807, 2.05) is 37.3 Å². The van der Waals surface area contributed by atoms with Gasteiger partial charge in [-0.1, -0.05) is 48.8 Å². The maximum absolute atomic E-state index is 12.3. The van der Waals surface area contributed by atoms with Crippen LogP contribution < -0.4 is 0 Å². The fraction of sp³-hybridized carbons (Fsp3) is 0.467. The quantitative estimate of drug-likeness (QED) is 0.544. The average Bonchev–Trinajstić information content (AvgIpc) is 2.54. The second-order valence-corrected chi connectivity index (χ2v) is 4.36. The Morgan fingerprint density at radius 3 is 2.62 bits per heavy atom. The molecule has 0 bridgehead atoms. The Morgan fingerprint density at radius 1 is 1.43 bits per heavy atom. The molecule has 0 unspecified atom stereocenters. The van der Waals surface area contributed by atoms with E-state index in [9.17, 15) is 9.59 Å². The number of carbonyl (C=O) groups excluding carboxylic acids is 2. The molecule has 6 nitrogen and oxygen atoms in total. The van der Waals surface area contributed by atoms with E-state index in [1.54, 1.807) is 0 Å². The Hall–Kier alpha value is -1.92. The van der Waals surface area contributed by atoms with E-state index >= 15 is 0 Å². The molecule has 1 atom stereocenters. The molecule has 0 N–H and O–H groups in total. The molecule has 0 aromatic heterocycles. The fourth-order valence-corrected chi connectivity index (χ4v) is 1.75. The van der Waals surface area contributed by atoms with Crippen LogP contribution in [0.25, 0.3) is 0 Å². The van der Waals surface area contributed by atoms with Crippen LogP contribution in [0.2, 0.25) is 0 Å². The zero-order chi connectivity index (χ0) is 16.6. The number of hydrogen-bond donors (Lipinski definition) is 0. The average molecular weight is 295 g/mol. The van der Waals surface area contributed by atoms with Crippen LogP contribution in [0.15, 0.2) is 30.3 Å². The van der Waals surface area contributed by atoms with E-state index in [0.717, 1.165) is 15.7 Å². The molecule has 21 heavy (non-hydrogen) atoms. The summed E-state index contributed by atoms with van der Waals surface area (Å²) in [4.78, 5) is 28.6. The number of amides is 1. The number of hydrazine groups is 1. The highest BCUT2D eigenvalue weighted by Crippen LogP contribution is 2.11. The summed E-state index contributed by atoms with van der Waals surface area (Å²) in [6.07, 6.45) is 0.326. The molecule has 0 fully saturated rings. The van der Waals surface area contributed by atoms with Crippen molar-refractivity contribution in [3.63, 3.8) is 0 Å². The van der Waals surface area contributed by atoms with Crippen LogP contribution in [0.5, 0.6) is 0 Å². The minimum absolute atomic E-state index is 0.0504. The highest BCUT2D eigenvalue weighted by molar-refractivity contribution is 5.72. The number of nitrogens with zero attached hydrogens (tertiary/aromatic N) is 2. The zero-order valence-electron chi connectivity index (χ0n) is 13.6. The van der Waals surface area contributed by atoms with Crippen LogP contribution in [0.4, 0.5) is 4.79 Å². The molecule has 0 spiro atoms. The molecule has 1 aromatic carbocycles. The number of rotatable bonds is 8. The molecule has 0 aliphatic heterocycles. The van der Waals surface area contributed by atoms with Crippen LogP contribution in [-0.2, 0) is 21.0 Å². The lowest BCUT2D eigenvalue weighted by molar-refractivity contribution is -0.244. The third kappa shape index (κ3) is 5.17. The number of benzene rings is 1. The Labute approximate surface area is 126 Å². The van der Waals surface area contributed by atoms with Gasteiger partial charge in [-0.3, -0.25) is 4.84 Å². The summed E-state index contributed by atoms with van der Waals surface area (Å²) in [6, 6.07) is 7.39. The normalized spacial score (nSPS) is 14.2. The first-order valence-electron chi connectivity index (χ1n) is 7.23. The molecular weight excluding hydrogens is 272 g/mol. The maximum atomic E-state index is 12.3. The fourth-order valence-electron chi connectivity index (χ4n) is 1.75. The van der Waals surface area contributed by atoms with Gasteiger partial charge in [-0.05, 0) is 12.0 Å². The van der Waals surface area contributed by atoms with Gasteiger partial charge in [0.25, 0.3) is 0 Å². The monoisotopic (exact) mass is 295 g/mol. The van der Waals surface area contributed by atoms with E-state index in [1.165, 1.54) is 14.2 Å². The molecule has 1 aromatic rings. The van der Waals surface area contributed by atoms with E-state index in [-0.39, 0.29) is 13.0 Å². The third-order valence-electron chi connectivity index (χ3n) is 2.84. The molecule has 0 heterocycles. The number of hydrogen-bond acceptors (Lipinski definition) is 5. The lowest BCUT2D eigenvalue weighted by atomic mass is 10.2. The molecule has 116 valence electrons. The summed E-state index contributed by atoms with van der Waals surface area (Å²) < 4.78 is 13.4. The summed E-state index contributed by atoms with van der Waals surface area (Å²) in [7, 11) is 2.78. The Bertz CT molecular complexity index is 486. The van der Waals surface area contributed by atoms with Crippen LogP contribution in [0.1, 0.15) is 26.7 Å². The number of hydroxylamine groups is 1. The summed E-state index contributed by atoms with van der Waals surface area (Å²) in [5.41, 5.74) is 0.813. The zero-order valence-corrected chi connectivity index (χ0v) is 12.6. The lowest BCUT2D eigenvalue weighted by Crippen LogP contribution is -2.50. The highest BCUT2D eigenvalue weighted by Gasteiger charge is 2.28. The topological polar surface area (TPSA) is 59.1 Å². The van der Waals surface area contributed by atoms with Crippen molar-refractivity contribution < 1.29 is 20.5 Å². The molecule has 0 aliphatic rings. The molecule has 0 radical (unpaired) electrons. The van der Waals surface area contributed by atoms with Crippen molar-refractivity contribution in [1.29, 1.82) is 0 Å². The van der Waals surface area contributed by atoms with Gasteiger partial charge in [0, 0.05) is 7.05 Å². The second-order valence-electron chi connectivity index (χ2n) is 4.36. The predicted molar refractivity (Wildman–Crippen MR) is 78.0 cm³/mol. The van der Waals surface area contributed by atoms with Crippen LogP contribution in [0, 0.1) is 0 Å². The first-order chi connectivity index (χ1) is 10.5. The van der Waals surface area contributed by atoms with E-state index in [2.05, 4.69) is 0 Å². The first-order valence-corrected chi connectivity index (χ1v) is 6.73. The molecular formula is C15H22N2O4. The molecule has 0 aliphatic carbocycles. The van der Waals surface area contributed by atoms with Gasteiger partial charge in [-0.25, -0.2) is 9.80 Å². The first kappa shape index (κ1) is 15.5. The Kier molecular flexibility index (Phi) is 6.70. The second kappa shape index (κ2) is 9.10. The van der Waals surface area contributed by atoms with Crippen molar-refractivity contribution in [2.24, 2.45) is 0 Å². The van der Waals surface area contributed by atoms with Crippen molar-refractivity contribution in [2.75, 3.05) is 14.2 Å². The van der Waals surface area contributed by atoms with Crippen molar-refractivity contribution in [3.8, 4) is 0 Å². The molecule has 1 amide bonds. The van der Waals surface area contributed by atoms with Gasteiger partial charge in [0.05, 0.1) is 8.48 Å². The summed E-state index contributed by atoms with van der Waals surface area (Å²) >= 11 is 0. The van der Waals surface area contributed by atoms with Gasteiger partial charge in [0.2, 0.25) is 0 Å². The van der Waals surface area contributed by atoms with Crippen molar-refractivity contribution in [1.82, 2.24) is 10.2 Å². The van der Waals surface area contributed by atoms with Gasteiger partial charge in [-0.2, -0.15) is 0 Å². The minimum atomic E-state index is -1.77. The largest absolute Gasteiger partial charge is 0.444 e. The van der Waals surface area contributed by atoms with E-state index in [4.69, 9.17) is 10.9 Å². The molecule has 1 rings (SSSR count). The molecule has 0 saturated carbocycles. The van der Waals surface area contributed by atoms with Gasteiger partial charge in [-0.15, -0.1) is 0 Å². The number of ether oxygens (including phenoxy) is 1. The smallest absolute Gasteiger partial charge is 0.427 e.